The van der Waals surface area contributed by atoms with Gasteiger partial charge < -0.3 is 10.1 Å². The largest absolute Gasteiger partial charge is 0.497 e. The van der Waals surface area contributed by atoms with E-state index in [0.717, 1.165) is 17.7 Å². The maximum absolute atomic E-state index is 13.2. The second kappa shape index (κ2) is 8.87. The molecule has 7 heteroatoms. The summed E-state index contributed by atoms with van der Waals surface area (Å²) in [7, 11) is 1.62. The molecule has 1 atom stereocenters. The van der Waals surface area contributed by atoms with Gasteiger partial charge in [0.2, 0.25) is 5.91 Å². The molecule has 0 aliphatic heterocycles. The van der Waals surface area contributed by atoms with Crippen molar-refractivity contribution in [1.29, 1.82) is 0 Å². The molecule has 0 spiro atoms. The highest BCUT2D eigenvalue weighted by molar-refractivity contribution is 5.80. The van der Waals surface area contributed by atoms with Crippen molar-refractivity contribution >= 4 is 17.1 Å². The van der Waals surface area contributed by atoms with Crippen LogP contribution >= 0.6 is 0 Å². The molecule has 2 aromatic heterocycles. The van der Waals surface area contributed by atoms with Crippen molar-refractivity contribution in [3.8, 4) is 11.4 Å². The van der Waals surface area contributed by atoms with Gasteiger partial charge in [0.1, 0.15) is 12.3 Å². The smallest absolute Gasteiger partial charge is 0.335 e. The molecule has 31 heavy (non-hydrogen) atoms. The van der Waals surface area contributed by atoms with Crippen LogP contribution in [0.4, 0.5) is 0 Å². The van der Waals surface area contributed by atoms with Crippen LogP contribution in [0.5, 0.6) is 5.75 Å². The molecule has 158 valence electrons. The van der Waals surface area contributed by atoms with Gasteiger partial charge in [-0.2, -0.15) is 0 Å². The first-order chi connectivity index (χ1) is 15.1. The highest BCUT2D eigenvalue weighted by atomic mass is 16.5. The van der Waals surface area contributed by atoms with Gasteiger partial charge in [0, 0.05) is 6.20 Å². The highest BCUT2D eigenvalue weighted by Gasteiger charge is 2.19. The van der Waals surface area contributed by atoms with Crippen molar-refractivity contribution in [2.45, 2.75) is 25.9 Å². The second-order valence-corrected chi connectivity index (χ2v) is 7.19. The highest BCUT2D eigenvalue weighted by Crippen LogP contribution is 2.20. The number of nitrogens with one attached hydrogen (secondary N) is 1. The minimum absolute atomic E-state index is 0.0898. The molecule has 0 aliphatic carbocycles. The van der Waals surface area contributed by atoms with E-state index in [1.54, 1.807) is 25.4 Å². The number of hydrogen-bond donors (Lipinski definition) is 1. The van der Waals surface area contributed by atoms with E-state index in [1.807, 2.05) is 61.5 Å². The van der Waals surface area contributed by atoms with Gasteiger partial charge in [0.15, 0.2) is 5.65 Å². The van der Waals surface area contributed by atoms with Crippen molar-refractivity contribution in [2.75, 3.05) is 7.11 Å². The Morgan fingerprint density at radius 3 is 2.48 bits per heavy atom. The molecular weight excluding hydrogens is 392 g/mol. The summed E-state index contributed by atoms with van der Waals surface area (Å²) in [6.45, 7) is 1.92. The zero-order valence-corrected chi connectivity index (χ0v) is 17.5. The van der Waals surface area contributed by atoms with E-state index in [-0.39, 0.29) is 24.2 Å². The minimum atomic E-state index is -0.299. The molecule has 0 saturated carbocycles. The third-order valence-corrected chi connectivity index (χ3v) is 5.27. The number of aromatic nitrogens is 3. The number of amides is 1. The lowest BCUT2D eigenvalue weighted by Crippen LogP contribution is -2.35. The normalized spacial score (nSPS) is 11.9. The average Bonchev–Trinajstić information content (AvgIpc) is 3.09. The van der Waals surface area contributed by atoms with Crippen molar-refractivity contribution in [2.24, 2.45) is 0 Å². The van der Waals surface area contributed by atoms with Crippen molar-refractivity contribution in [3.05, 3.63) is 89.0 Å². The number of hydrogen-bond acceptors (Lipinski definition) is 4. The molecule has 4 rings (SSSR count). The summed E-state index contributed by atoms with van der Waals surface area (Å²) in [6, 6.07) is 20.3. The molecular formula is C24H24N4O3. The average molecular weight is 416 g/mol. The van der Waals surface area contributed by atoms with Crippen LogP contribution in [0.3, 0.4) is 0 Å². The van der Waals surface area contributed by atoms with Crippen molar-refractivity contribution in [3.63, 3.8) is 0 Å². The first-order valence-electron chi connectivity index (χ1n) is 10.2. The standard InChI is InChI=1S/C24H24N4O3/c1-3-20(17-11-13-19(31-2)14-12-17)26-22(29)16-27-21-10-7-15-25-23(21)28(24(27)30)18-8-5-4-6-9-18/h4-15,20H,3,16H2,1-2H3,(H,26,29)/t20-/m0/s1. The van der Waals surface area contributed by atoms with Crippen LogP contribution in [0, 0.1) is 0 Å². The maximum atomic E-state index is 13.2. The molecule has 0 aliphatic rings. The number of rotatable bonds is 7. The van der Waals surface area contributed by atoms with Crippen LogP contribution < -0.4 is 15.7 Å². The minimum Gasteiger partial charge on any atom is -0.497 e. The summed E-state index contributed by atoms with van der Waals surface area (Å²) in [6.07, 6.45) is 2.36. The fourth-order valence-corrected chi connectivity index (χ4v) is 3.69. The van der Waals surface area contributed by atoms with Crippen molar-refractivity contribution in [1.82, 2.24) is 19.4 Å². The van der Waals surface area contributed by atoms with Gasteiger partial charge in [-0.1, -0.05) is 37.3 Å². The Balaban J connectivity index is 1.63. The number of carbonyl (C=O) groups excluding carboxylic acids is 1. The van der Waals surface area contributed by atoms with E-state index in [9.17, 15) is 9.59 Å². The summed E-state index contributed by atoms with van der Waals surface area (Å²) < 4.78 is 8.20. The zero-order chi connectivity index (χ0) is 21.8. The first kappa shape index (κ1) is 20.4. The molecule has 4 aromatic rings. The van der Waals surface area contributed by atoms with Gasteiger partial charge in [-0.05, 0) is 48.4 Å². The zero-order valence-electron chi connectivity index (χ0n) is 17.5. The van der Waals surface area contributed by atoms with Gasteiger partial charge in [0.25, 0.3) is 0 Å². The Morgan fingerprint density at radius 2 is 1.81 bits per heavy atom. The number of carbonyl (C=O) groups is 1. The molecule has 0 radical (unpaired) electrons. The number of imidazole rings is 1. The fraction of sp³-hybridized carbons (Fsp3) is 0.208. The first-order valence-corrected chi connectivity index (χ1v) is 10.2. The van der Waals surface area contributed by atoms with Gasteiger partial charge >= 0.3 is 5.69 Å². The Bertz CT molecular complexity index is 1240. The van der Waals surface area contributed by atoms with E-state index < -0.39 is 0 Å². The lowest BCUT2D eigenvalue weighted by Gasteiger charge is -2.18. The number of methoxy groups -OCH3 is 1. The Labute approximate surface area is 179 Å². The number of nitrogens with zero attached hydrogens (tertiary/aromatic N) is 3. The van der Waals surface area contributed by atoms with E-state index in [1.165, 1.54) is 9.13 Å². The summed E-state index contributed by atoms with van der Waals surface area (Å²) >= 11 is 0. The molecule has 0 fully saturated rings. The molecule has 1 N–H and O–H groups in total. The van der Waals surface area contributed by atoms with Crippen LogP contribution in [0.2, 0.25) is 0 Å². The lowest BCUT2D eigenvalue weighted by atomic mass is 10.0. The van der Waals surface area contributed by atoms with Crippen LogP contribution in [0.15, 0.2) is 77.7 Å². The summed E-state index contributed by atoms with van der Waals surface area (Å²) in [5, 5.41) is 3.04. The molecule has 1 amide bonds. The van der Waals surface area contributed by atoms with E-state index in [2.05, 4.69) is 10.3 Å². The van der Waals surface area contributed by atoms with Gasteiger partial charge in [-0.3, -0.25) is 9.36 Å². The summed E-state index contributed by atoms with van der Waals surface area (Å²) in [5.74, 6) is 0.526. The molecule has 2 aromatic carbocycles. The summed E-state index contributed by atoms with van der Waals surface area (Å²) in [5.41, 5.74) is 2.53. The van der Waals surface area contributed by atoms with Crippen molar-refractivity contribution < 1.29 is 9.53 Å². The lowest BCUT2D eigenvalue weighted by molar-refractivity contribution is -0.122. The van der Waals surface area contributed by atoms with Crippen LogP contribution in [-0.4, -0.2) is 27.1 Å². The molecule has 2 heterocycles. The fourth-order valence-electron chi connectivity index (χ4n) is 3.69. The molecule has 0 saturated heterocycles. The van der Waals surface area contributed by atoms with Gasteiger partial charge in [-0.25, -0.2) is 14.3 Å². The third-order valence-electron chi connectivity index (χ3n) is 5.27. The van der Waals surface area contributed by atoms with Crippen LogP contribution in [0.25, 0.3) is 16.9 Å². The second-order valence-electron chi connectivity index (χ2n) is 7.19. The Hall–Kier alpha value is -3.87. The van der Waals surface area contributed by atoms with Crippen LogP contribution in [-0.2, 0) is 11.3 Å². The number of benzene rings is 2. The van der Waals surface area contributed by atoms with E-state index >= 15 is 0 Å². The number of ether oxygens (including phenoxy) is 1. The molecule has 0 bridgehead atoms. The predicted molar refractivity (Wildman–Crippen MR) is 119 cm³/mol. The van der Waals surface area contributed by atoms with E-state index in [4.69, 9.17) is 4.74 Å². The maximum Gasteiger partial charge on any atom is 0.335 e. The van der Waals surface area contributed by atoms with Gasteiger partial charge in [-0.15, -0.1) is 0 Å². The summed E-state index contributed by atoms with van der Waals surface area (Å²) in [4.78, 5) is 30.5. The third kappa shape index (κ3) is 4.07. The number of fused-ring (bicyclic) bond motifs is 1. The van der Waals surface area contributed by atoms with Gasteiger partial charge in [0.05, 0.1) is 24.4 Å². The Morgan fingerprint density at radius 1 is 1.06 bits per heavy atom. The monoisotopic (exact) mass is 416 g/mol. The predicted octanol–water partition coefficient (Wildman–Crippen LogP) is 3.46. The number of pyridine rings is 1. The molecule has 0 unspecified atom stereocenters. The topological polar surface area (TPSA) is 78.2 Å². The SMILES string of the molecule is CC[C@H](NC(=O)Cn1c(=O)n(-c2ccccc2)c2ncccc21)c1ccc(OC)cc1. The van der Waals surface area contributed by atoms with E-state index in [0.29, 0.717) is 16.9 Å². The Kier molecular flexibility index (Phi) is 5.84. The number of para-hydroxylation sites is 1. The molecule has 7 nitrogen and oxygen atoms in total. The quantitative estimate of drug-likeness (QED) is 0.500. The van der Waals surface area contributed by atoms with Crippen LogP contribution in [0.1, 0.15) is 24.9 Å².